The summed E-state index contributed by atoms with van der Waals surface area (Å²) in [6, 6.07) is -0.475. The minimum atomic E-state index is -3.63. The predicted molar refractivity (Wildman–Crippen MR) is 67.7 cm³/mol. The van der Waals surface area contributed by atoms with Gasteiger partial charge in [-0.05, 0) is 13.8 Å². The molecule has 0 amide bonds. The monoisotopic (exact) mass is 284 g/mol. The Kier molecular flexibility index (Phi) is 3.42. The summed E-state index contributed by atoms with van der Waals surface area (Å²) in [4.78, 5) is 4.20. The van der Waals surface area contributed by atoms with Gasteiger partial charge in [-0.25, -0.2) is 18.1 Å². The van der Waals surface area contributed by atoms with E-state index in [0.29, 0.717) is 11.5 Å². The van der Waals surface area contributed by atoms with Crippen LogP contribution in [0.3, 0.4) is 0 Å². The van der Waals surface area contributed by atoms with E-state index in [1.807, 2.05) is 0 Å². The smallest absolute Gasteiger partial charge is 0.244 e. The summed E-state index contributed by atoms with van der Waals surface area (Å²) in [5, 5.41) is 7.95. The van der Waals surface area contributed by atoms with E-state index in [1.54, 1.807) is 27.9 Å². The number of nitrogens with zero attached hydrogens (tertiary/aromatic N) is 5. The Morgan fingerprint density at radius 3 is 2.53 bits per heavy atom. The molecule has 0 saturated carbocycles. The minimum absolute atomic E-state index is 0.170. The first-order valence-corrected chi connectivity index (χ1v) is 7.16. The summed E-state index contributed by atoms with van der Waals surface area (Å²) in [5.41, 5.74) is 0.458. The number of nitrogens with one attached hydrogen (secondary N) is 1. The Hall–Kier alpha value is -1.74. The van der Waals surface area contributed by atoms with Crippen LogP contribution in [0.15, 0.2) is 17.4 Å². The molecule has 2 rings (SSSR count). The Morgan fingerprint density at radius 2 is 2.05 bits per heavy atom. The first kappa shape index (κ1) is 13.7. The van der Waals surface area contributed by atoms with Crippen molar-refractivity contribution in [2.24, 2.45) is 14.1 Å². The highest BCUT2D eigenvalue weighted by Crippen LogP contribution is 2.16. The molecule has 0 bridgehead atoms. The number of rotatable bonds is 4. The highest BCUT2D eigenvalue weighted by Gasteiger charge is 2.24. The second kappa shape index (κ2) is 4.74. The molecule has 0 fully saturated rings. The fourth-order valence-electron chi connectivity index (χ4n) is 1.89. The Bertz CT molecular complexity index is 687. The number of sulfonamides is 1. The van der Waals surface area contributed by atoms with Crippen LogP contribution in [0.1, 0.15) is 24.5 Å². The van der Waals surface area contributed by atoms with Gasteiger partial charge in [0.15, 0.2) is 0 Å². The van der Waals surface area contributed by atoms with Crippen molar-refractivity contribution in [3.8, 4) is 0 Å². The van der Waals surface area contributed by atoms with E-state index < -0.39 is 16.1 Å². The summed E-state index contributed by atoms with van der Waals surface area (Å²) < 4.78 is 30.1. The van der Waals surface area contributed by atoms with Crippen LogP contribution in [0.2, 0.25) is 0 Å². The molecule has 0 aliphatic rings. The highest BCUT2D eigenvalue weighted by atomic mass is 32.2. The van der Waals surface area contributed by atoms with Crippen LogP contribution in [0.5, 0.6) is 0 Å². The van der Waals surface area contributed by atoms with E-state index in [0.717, 1.165) is 0 Å². The molecule has 0 aliphatic heterocycles. The van der Waals surface area contributed by atoms with Crippen molar-refractivity contribution < 1.29 is 8.42 Å². The Balaban J connectivity index is 2.28. The number of hydrogen-bond acceptors (Lipinski definition) is 5. The van der Waals surface area contributed by atoms with Crippen LogP contribution in [-0.4, -0.2) is 33.0 Å². The Morgan fingerprint density at radius 1 is 1.37 bits per heavy atom. The van der Waals surface area contributed by atoms with Crippen LogP contribution >= 0.6 is 0 Å². The molecule has 2 heterocycles. The molecule has 1 unspecified atom stereocenters. The summed E-state index contributed by atoms with van der Waals surface area (Å²) >= 11 is 0. The van der Waals surface area contributed by atoms with E-state index in [2.05, 4.69) is 19.9 Å². The maximum Gasteiger partial charge on any atom is 0.244 e. The van der Waals surface area contributed by atoms with Gasteiger partial charge in [0.1, 0.15) is 17.0 Å². The van der Waals surface area contributed by atoms with Gasteiger partial charge in [-0.3, -0.25) is 9.36 Å². The molecule has 8 nitrogen and oxygen atoms in total. The fraction of sp³-hybridized carbons (Fsp3) is 0.500. The third kappa shape index (κ3) is 2.66. The van der Waals surface area contributed by atoms with Crippen molar-refractivity contribution in [3.05, 3.63) is 24.0 Å². The van der Waals surface area contributed by atoms with Gasteiger partial charge >= 0.3 is 0 Å². The zero-order valence-electron chi connectivity index (χ0n) is 11.2. The summed E-state index contributed by atoms with van der Waals surface area (Å²) in [7, 11) is -0.237. The molecule has 104 valence electrons. The van der Waals surface area contributed by atoms with Crippen LogP contribution in [0, 0.1) is 6.92 Å². The molecule has 1 atom stereocenters. The lowest BCUT2D eigenvalue weighted by Gasteiger charge is -2.12. The second-order valence-corrected chi connectivity index (χ2v) is 6.02. The van der Waals surface area contributed by atoms with Gasteiger partial charge in [0, 0.05) is 20.3 Å². The average Bonchev–Trinajstić information content (AvgIpc) is 2.84. The molecule has 19 heavy (non-hydrogen) atoms. The van der Waals surface area contributed by atoms with Crippen LogP contribution in [-0.2, 0) is 24.1 Å². The van der Waals surface area contributed by atoms with Gasteiger partial charge in [0.2, 0.25) is 10.0 Å². The van der Waals surface area contributed by atoms with Crippen LogP contribution in [0.25, 0.3) is 0 Å². The molecule has 9 heteroatoms. The maximum atomic E-state index is 12.3. The van der Waals surface area contributed by atoms with Crippen molar-refractivity contribution >= 4 is 10.0 Å². The van der Waals surface area contributed by atoms with Gasteiger partial charge in [-0.1, -0.05) is 0 Å². The van der Waals surface area contributed by atoms with Crippen LogP contribution < -0.4 is 4.72 Å². The lowest BCUT2D eigenvalue weighted by molar-refractivity contribution is 0.547. The molecular formula is C10H16N6O2S. The molecule has 0 radical (unpaired) electrons. The van der Waals surface area contributed by atoms with Gasteiger partial charge < -0.3 is 0 Å². The number of aromatic nitrogens is 5. The molecule has 2 aromatic heterocycles. The summed E-state index contributed by atoms with van der Waals surface area (Å²) in [6.07, 6.45) is 2.86. The maximum absolute atomic E-state index is 12.3. The van der Waals surface area contributed by atoms with E-state index >= 15 is 0 Å². The minimum Gasteiger partial charge on any atom is -0.274 e. The topological polar surface area (TPSA) is 94.7 Å². The molecule has 1 N–H and O–H groups in total. The molecular weight excluding hydrogens is 268 g/mol. The zero-order chi connectivity index (χ0) is 14.2. The first-order valence-electron chi connectivity index (χ1n) is 5.67. The van der Waals surface area contributed by atoms with Crippen molar-refractivity contribution in [3.63, 3.8) is 0 Å². The zero-order valence-corrected chi connectivity index (χ0v) is 12.0. The molecule has 2 aromatic rings. The van der Waals surface area contributed by atoms with Crippen molar-refractivity contribution in [2.45, 2.75) is 24.8 Å². The highest BCUT2D eigenvalue weighted by molar-refractivity contribution is 7.89. The molecule has 0 spiro atoms. The largest absolute Gasteiger partial charge is 0.274 e. The standard InChI is InChI=1S/C10H16N6O2S/c1-7-9(5-15(3)13-7)19(17,18)14-8(2)10-11-6-12-16(10)4/h5-6,8,14H,1-4H3. The van der Waals surface area contributed by atoms with Gasteiger partial charge in [0.05, 0.1) is 11.7 Å². The third-order valence-electron chi connectivity index (χ3n) is 2.72. The SMILES string of the molecule is Cc1nn(C)cc1S(=O)(=O)NC(C)c1ncnn1C. The first-order chi connectivity index (χ1) is 8.81. The van der Waals surface area contributed by atoms with Gasteiger partial charge in [0.25, 0.3) is 0 Å². The summed E-state index contributed by atoms with van der Waals surface area (Å²) in [6.45, 7) is 3.37. The van der Waals surface area contributed by atoms with E-state index in [9.17, 15) is 8.42 Å². The molecule has 0 saturated heterocycles. The van der Waals surface area contributed by atoms with Gasteiger partial charge in [-0.2, -0.15) is 10.2 Å². The van der Waals surface area contributed by atoms with Crippen molar-refractivity contribution in [2.75, 3.05) is 0 Å². The van der Waals surface area contributed by atoms with E-state index in [4.69, 9.17) is 0 Å². The number of hydrogen-bond donors (Lipinski definition) is 1. The van der Waals surface area contributed by atoms with Gasteiger partial charge in [-0.15, -0.1) is 0 Å². The third-order valence-corrected chi connectivity index (χ3v) is 4.37. The normalized spacial score (nSPS) is 13.7. The number of aryl methyl sites for hydroxylation is 3. The average molecular weight is 284 g/mol. The van der Waals surface area contributed by atoms with E-state index in [1.165, 1.54) is 21.9 Å². The summed E-state index contributed by atoms with van der Waals surface area (Å²) in [5.74, 6) is 0.546. The molecule has 0 aromatic carbocycles. The lowest BCUT2D eigenvalue weighted by atomic mass is 10.3. The second-order valence-electron chi connectivity index (χ2n) is 4.34. The predicted octanol–water partition coefficient (Wildman–Crippen LogP) is -0.103. The Labute approximate surface area is 111 Å². The quantitative estimate of drug-likeness (QED) is 0.845. The fourth-order valence-corrected chi connectivity index (χ4v) is 3.31. The van der Waals surface area contributed by atoms with Crippen molar-refractivity contribution in [1.82, 2.24) is 29.3 Å². The van der Waals surface area contributed by atoms with E-state index in [-0.39, 0.29) is 4.90 Å². The van der Waals surface area contributed by atoms with Crippen molar-refractivity contribution in [1.29, 1.82) is 0 Å². The lowest BCUT2D eigenvalue weighted by Crippen LogP contribution is -2.29. The van der Waals surface area contributed by atoms with Crippen LogP contribution in [0.4, 0.5) is 0 Å². The molecule has 0 aliphatic carbocycles.